The molecule has 9 nitrogen and oxygen atoms in total. The van der Waals surface area contributed by atoms with E-state index in [-0.39, 0.29) is 32.3 Å². The van der Waals surface area contributed by atoms with E-state index < -0.39 is 13.9 Å². The topological polar surface area (TPSA) is 127 Å². The van der Waals surface area contributed by atoms with Crippen molar-refractivity contribution in [2.75, 3.05) is 46.7 Å². The Balaban J connectivity index is 3.90. The summed E-state index contributed by atoms with van der Waals surface area (Å²) in [6.45, 7) is 3.43. The summed E-state index contributed by atoms with van der Waals surface area (Å²) in [4.78, 5) is 20.9. The molecule has 0 heterocycles. The molecule has 0 aromatic heterocycles. The lowest BCUT2D eigenvalue weighted by Gasteiger charge is -2.20. The number of phosphoric ester groups is 1. The summed E-state index contributed by atoms with van der Waals surface area (Å²) >= 11 is 0. The van der Waals surface area contributed by atoms with Crippen LogP contribution in [0.3, 0.4) is 0 Å². The first-order chi connectivity index (χ1) is 17.9. The van der Waals surface area contributed by atoms with Crippen LogP contribution in [-0.4, -0.2) is 63.7 Å². The minimum absolute atomic E-state index is 0.0670. The molecule has 10 heteroatoms. The first-order valence-corrected chi connectivity index (χ1v) is 16.0. The fraction of sp³-hybridized carbons (Fsp3) is 0.963. The minimum atomic E-state index is -4.18. The highest BCUT2D eigenvalue weighted by atomic mass is 31.2. The predicted molar refractivity (Wildman–Crippen MR) is 148 cm³/mol. The van der Waals surface area contributed by atoms with Gasteiger partial charge in [0.05, 0.1) is 26.9 Å². The smallest absolute Gasteiger partial charge is 0.469 e. The average Bonchev–Trinajstić information content (AvgIpc) is 2.89. The number of carbonyl (C=O) groups excluding carboxylic acids is 1. The number of nitrogens with two attached hydrogens (primary N) is 1. The molecule has 1 unspecified atom stereocenters. The molecular weight excluding hydrogens is 497 g/mol. The van der Waals surface area contributed by atoms with E-state index in [0.29, 0.717) is 32.5 Å². The van der Waals surface area contributed by atoms with Gasteiger partial charge >= 0.3 is 13.8 Å². The fourth-order valence-corrected chi connectivity index (χ4v) is 4.63. The summed E-state index contributed by atoms with van der Waals surface area (Å²) in [6.07, 6.45) is 19.4. The van der Waals surface area contributed by atoms with Crippen LogP contribution < -0.4 is 5.73 Å². The molecule has 0 aliphatic heterocycles. The Morgan fingerprint density at radius 3 is 1.84 bits per heavy atom. The molecule has 0 spiro atoms. The Labute approximate surface area is 226 Å². The Morgan fingerprint density at radius 2 is 1.30 bits per heavy atom. The van der Waals surface area contributed by atoms with E-state index in [1.54, 1.807) is 0 Å². The van der Waals surface area contributed by atoms with Crippen LogP contribution in [0.2, 0.25) is 0 Å². The van der Waals surface area contributed by atoms with E-state index in [1.165, 1.54) is 84.2 Å². The summed E-state index contributed by atoms with van der Waals surface area (Å²) in [5.41, 5.74) is 5.30. The maximum Gasteiger partial charge on any atom is 0.472 e. The number of methoxy groups -OCH3 is 1. The third-order valence-corrected chi connectivity index (χ3v) is 7.08. The zero-order valence-electron chi connectivity index (χ0n) is 23.7. The van der Waals surface area contributed by atoms with Gasteiger partial charge in [-0.2, -0.15) is 0 Å². The first-order valence-electron chi connectivity index (χ1n) is 14.5. The SMILES string of the molecule is CCCCCCCCCCCCCCCCOC[C@@H](COP(=O)(O)OCCN)OCCCCC(=O)OC. The molecule has 0 bridgehead atoms. The van der Waals surface area contributed by atoms with E-state index in [9.17, 15) is 14.3 Å². The Kier molecular flexibility index (Phi) is 26.6. The van der Waals surface area contributed by atoms with Gasteiger partial charge in [-0.3, -0.25) is 13.8 Å². The summed E-state index contributed by atoms with van der Waals surface area (Å²) in [5.74, 6) is -0.255. The highest BCUT2D eigenvalue weighted by molar-refractivity contribution is 7.47. The molecule has 0 rings (SSSR count). The molecule has 0 amide bonds. The molecule has 0 aromatic carbocycles. The zero-order chi connectivity index (χ0) is 27.5. The quantitative estimate of drug-likeness (QED) is 0.0623. The van der Waals surface area contributed by atoms with Gasteiger partial charge in [-0.25, -0.2) is 4.57 Å². The Morgan fingerprint density at radius 1 is 0.757 bits per heavy atom. The second-order valence-electron chi connectivity index (χ2n) is 9.58. The molecule has 0 aromatic rings. The van der Waals surface area contributed by atoms with Gasteiger partial charge in [0, 0.05) is 26.2 Å². The number of phosphoric acid groups is 1. The van der Waals surface area contributed by atoms with Crippen LogP contribution in [0.1, 0.15) is 116 Å². The van der Waals surface area contributed by atoms with Gasteiger partial charge in [-0.15, -0.1) is 0 Å². The van der Waals surface area contributed by atoms with Crippen molar-refractivity contribution in [3.05, 3.63) is 0 Å². The highest BCUT2D eigenvalue weighted by Gasteiger charge is 2.23. The van der Waals surface area contributed by atoms with Crippen LogP contribution in [0, 0.1) is 0 Å². The lowest BCUT2D eigenvalue weighted by molar-refractivity contribution is -0.140. The summed E-state index contributed by atoms with van der Waals surface area (Å²) in [6, 6.07) is 0. The third kappa shape index (κ3) is 26.8. The largest absolute Gasteiger partial charge is 0.472 e. The van der Waals surface area contributed by atoms with Gasteiger partial charge in [0.15, 0.2) is 0 Å². The monoisotopic (exact) mass is 553 g/mol. The van der Waals surface area contributed by atoms with Crippen LogP contribution in [0.15, 0.2) is 0 Å². The van der Waals surface area contributed by atoms with E-state index >= 15 is 0 Å². The first kappa shape index (κ1) is 36.5. The second-order valence-corrected chi connectivity index (χ2v) is 11.0. The summed E-state index contributed by atoms with van der Waals surface area (Å²) in [7, 11) is -2.82. The van der Waals surface area contributed by atoms with Crippen molar-refractivity contribution in [1.29, 1.82) is 0 Å². The van der Waals surface area contributed by atoms with E-state index in [1.807, 2.05) is 0 Å². The zero-order valence-corrected chi connectivity index (χ0v) is 24.6. The summed E-state index contributed by atoms with van der Waals surface area (Å²) < 4.78 is 37.8. The molecule has 0 aliphatic rings. The molecule has 222 valence electrons. The van der Waals surface area contributed by atoms with Crippen molar-refractivity contribution in [2.24, 2.45) is 5.73 Å². The van der Waals surface area contributed by atoms with Crippen molar-refractivity contribution in [1.82, 2.24) is 0 Å². The van der Waals surface area contributed by atoms with Gasteiger partial charge in [0.1, 0.15) is 6.10 Å². The molecule has 0 aliphatic carbocycles. The average molecular weight is 554 g/mol. The summed E-state index contributed by atoms with van der Waals surface area (Å²) in [5, 5.41) is 0. The van der Waals surface area contributed by atoms with Crippen molar-refractivity contribution in [3.63, 3.8) is 0 Å². The van der Waals surface area contributed by atoms with Gasteiger partial charge in [0.2, 0.25) is 0 Å². The standard InChI is InChI=1S/C27H56NO8P/c1-3-4-5-6-7-8-9-10-11-12-13-14-15-17-21-33-24-26(25-36-37(30,31)35-23-20-28)34-22-18-16-19-27(29)32-2/h26H,3-25,28H2,1-2H3,(H,30,31)/t26-/m0/s1. The fourth-order valence-electron chi connectivity index (χ4n) is 3.86. The van der Waals surface area contributed by atoms with E-state index in [0.717, 1.165) is 12.8 Å². The number of unbranched alkanes of at least 4 members (excludes halogenated alkanes) is 14. The number of ether oxygens (including phenoxy) is 3. The molecule has 2 atom stereocenters. The maximum atomic E-state index is 11.9. The van der Waals surface area contributed by atoms with Crippen molar-refractivity contribution in [2.45, 2.75) is 122 Å². The van der Waals surface area contributed by atoms with Crippen LogP contribution in [0.5, 0.6) is 0 Å². The van der Waals surface area contributed by atoms with Crippen LogP contribution in [-0.2, 0) is 32.6 Å². The molecule has 0 saturated heterocycles. The predicted octanol–water partition coefficient (Wildman–Crippen LogP) is 6.31. The third-order valence-electron chi connectivity index (χ3n) is 6.10. The number of carbonyl (C=O) groups is 1. The van der Waals surface area contributed by atoms with Gasteiger partial charge in [-0.05, 0) is 19.3 Å². The molecular formula is C27H56NO8P. The molecule has 0 saturated carbocycles. The van der Waals surface area contributed by atoms with Crippen LogP contribution in [0.25, 0.3) is 0 Å². The number of esters is 1. The van der Waals surface area contributed by atoms with Gasteiger partial charge in [0.25, 0.3) is 0 Å². The second kappa shape index (κ2) is 27.0. The normalized spacial score (nSPS) is 13.9. The lowest BCUT2D eigenvalue weighted by atomic mass is 10.0. The molecule has 3 N–H and O–H groups in total. The Hall–Kier alpha value is -0.540. The number of rotatable bonds is 29. The van der Waals surface area contributed by atoms with Gasteiger partial charge < -0.3 is 24.8 Å². The molecule has 0 radical (unpaired) electrons. The number of hydrogen-bond donors (Lipinski definition) is 2. The lowest BCUT2D eigenvalue weighted by Crippen LogP contribution is -2.26. The highest BCUT2D eigenvalue weighted by Crippen LogP contribution is 2.43. The van der Waals surface area contributed by atoms with Crippen molar-refractivity contribution >= 4 is 13.8 Å². The molecule has 0 fully saturated rings. The van der Waals surface area contributed by atoms with E-state index in [4.69, 9.17) is 24.3 Å². The Bertz CT molecular complexity index is 552. The molecule has 37 heavy (non-hydrogen) atoms. The van der Waals surface area contributed by atoms with Crippen molar-refractivity contribution < 1.29 is 37.5 Å². The van der Waals surface area contributed by atoms with E-state index in [2.05, 4.69) is 11.7 Å². The number of hydrogen-bond acceptors (Lipinski definition) is 8. The van der Waals surface area contributed by atoms with Crippen molar-refractivity contribution in [3.8, 4) is 0 Å². The minimum Gasteiger partial charge on any atom is -0.469 e. The van der Waals surface area contributed by atoms with Gasteiger partial charge in [-0.1, -0.05) is 90.4 Å². The maximum absolute atomic E-state index is 11.9. The van der Waals surface area contributed by atoms with Crippen LogP contribution in [0.4, 0.5) is 0 Å². The van der Waals surface area contributed by atoms with Crippen LogP contribution >= 0.6 is 7.82 Å².